The van der Waals surface area contributed by atoms with E-state index in [-0.39, 0.29) is 11.7 Å². The average Bonchev–Trinajstić information content (AvgIpc) is 1.97. The summed E-state index contributed by atoms with van der Waals surface area (Å²) >= 11 is 3.02. The molecule has 2 atom stereocenters. The largest absolute Gasteiger partial charge is 0.324 e. The summed E-state index contributed by atoms with van der Waals surface area (Å²) in [6, 6.07) is -0.409. The SMILES string of the molecule is N=CC1C=C(Br)C(F)=CC1N. The molecular weight excluding hydrogens is 211 g/mol. The van der Waals surface area contributed by atoms with Crippen molar-refractivity contribution in [1.29, 1.82) is 5.41 Å². The van der Waals surface area contributed by atoms with Crippen LogP contribution in [0, 0.1) is 11.3 Å². The van der Waals surface area contributed by atoms with Crippen molar-refractivity contribution in [2.45, 2.75) is 6.04 Å². The second-order valence-electron chi connectivity index (χ2n) is 2.35. The standard InChI is InChI=1S/C7H8BrFN2/c8-5-1-4(3-10)7(11)2-6(5)9/h1-4,7,10H,11H2. The molecule has 0 saturated heterocycles. The fourth-order valence-corrected chi connectivity index (χ4v) is 1.32. The summed E-state index contributed by atoms with van der Waals surface area (Å²) in [5, 5.41) is 6.96. The first-order valence-corrected chi connectivity index (χ1v) is 3.95. The van der Waals surface area contributed by atoms with E-state index < -0.39 is 6.04 Å². The van der Waals surface area contributed by atoms with Gasteiger partial charge in [0.05, 0.1) is 0 Å². The van der Waals surface area contributed by atoms with Gasteiger partial charge in [-0.05, 0) is 22.0 Å². The van der Waals surface area contributed by atoms with Crippen LogP contribution in [0.4, 0.5) is 4.39 Å². The van der Waals surface area contributed by atoms with Crippen LogP contribution in [0.25, 0.3) is 0 Å². The Morgan fingerprint density at radius 2 is 2.27 bits per heavy atom. The Hall–Kier alpha value is -0.480. The topological polar surface area (TPSA) is 49.9 Å². The molecule has 11 heavy (non-hydrogen) atoms. The Kier molecular flexibility index (Phi) is 2.57. The minimum absolute atomic E-state index is 0.191. The average molecular weight is 219 g/mol. The van der Waals surface area contributed by atoms with Crippen molar-refractivity contribution in [2.24, 2.45) is 11.7 Å². The van der Waals surface area contributed by atoms with Gasteiger partial charge in [0, 0.05) is 22.7 Å². The second kappa shape index (κ2) is 3.28. The Bertz CT molecular complexity index is 235. The molecule has 0 aliphatic heterocycles. The number of nitrogens with two attached hydrogens (primary N) is 1. The summed E-state index contributed by atoms with van der Waals surface area (Å²) in [5.74, 6) is -0.542. The van der Waals surface area contributed by atoms with Gasteiger partial charge in [-0.25, -0.2) is 4.39 Å². The van der Waals surface area contributed by atoms with Gasteiger partial charge in [0.2, 0.25) is 0 Å². The summed E-state index contributed by atoms with van der Waals surface area (Å²) < 4.78 is 13.1. The molecule has 0 aromatic rings. The maximum atomic E-state index is 12.7. The molecule has 0 spiro atoms. The molecule has 0 amide bonds. The highest BCUT2D eigenvalue weighted by Crippen LogP contribution is 2.26. The molecule has 0 bridgehead atoms. The maximum absolute atomic E-state index is 12.7. The maximum Gasteiger partial charge on any atom is 0.134 e. The van der Waals surface area contributed by atoms with Gasteiger partial charge in [-0.1, -0.05) is 6.08 Å². The van der Waals surface area contributed by atoms with Crippen LogP contribution in [0.15, 0.2) is 22.5 Å². The summed E-state index contributed by atoms with van der Waals surface area (Å²) in [6.45, 7) is 0. The van der Waals surface area contributed by atoms with Crippen molar-refractivity contribution in [3.05, 3.63) is 22.5 Å². The van der Waals surface area contributed by atoms with E-state index in [1.165, 1.54) is 12.3 Å². The Morgan fingerprint density at radius 1 is 1.64 bits per heavy atom. The molecule has 0 saturated carbocycles. The van der Waals surface area contributed by atoms with Crippen LogP contribution in [0.1, 0.15) is 0 Å². The molecule has 0 fully saturated rings. The molecule has 4 heteroatoms. The molecule has 0 aromatic heterocycles. The van der Waals surface area contributed by atoms with Crippen LogP contribution in [0.3, 0.4) is 0 Å². The normalized spacial score (nSPS) is 30.8. The fourth-order valence-electron chi connectivity index (χ4n) is 0.879. The third-order valence-electron chi connectivity index (χ3n) is 1.54. The van der Waals surface area contributed by atoms with E-state index in [4.69, 9.17) is 11.1 Å². The molecule has 0 aromatic carbocycles. The monoisotopic (exact) mass is 218 g/mol. The summed E-state index contributed by atoms with van der Waals surface area (Å²) in [5.41, 5.74) is 5.51. The van der Waals surface area contributed by atoms with Crippen molar-refractivity contribution in [3.63, 3.8) is 0 Å². The lowest BCUT2D eigenvalue weighted by molar-refractivity contribution is 0.615. The highest BCUT2D eigenvalue weighted by atomic mass is 79.9. The predicted molar refractivity (Wildman–Crippen MR) is 46.5 cm³/mol. The van der Waals surface area contributed by atoms with Crippen LogP contribution >= 0.6 is 15.9 Å². The molecule has 60 valence electrons. The lowest BCUT2D eigenvalue weighted by Gasteiger charge is -2.17. The van der Waals surface area contributed by atoms with E-state index in [1.54, 1.807) is 6.08 Å². The van der Waals surface area contributed by atoms with E-state index in [1.807, 2.05) is 0 Å². The minimum atomic E-state index is -0.409. The Balaban J connectivity index is 2.88. The predicted octanol–water partition coefficient (Wildman–Crippen LogP) is 1.73. The molecule has 1 rings (SSSR count). The van der Waals surface area contributed by atoms with Crippen LogP contribution in [0.2, 0.25) is 0 Å². The van der Waals surface area contributed by atoms with E-state index in [9.17, 15) is 4.39 Å². The zero-order valence-electron chi connectivity index (χ0n) is 5.72. The quantitative estimate of drug-likeness (QED) is 0.648. The Morgan fingerprint density at radius 3 is 2.82 bits per heavy atom. The molecule has 0 radical (unpaired) electrons. The first-order chi connectivity index (χ1) is 5.15. The van der Waals surface area contributed by atoms with E-state index in [2.05, 4.69) is 15.9 Å². The van der Waals surface area contributed by atoms with Gasteiger partial charge in [0.25, 0.3) is 0 Å². The fraction of sp³-hybridized carbons (Fsp3) is 0.286. The van der Waals surface area contributed by atoms with Gasteiger partial charge in [-0.15, -0.1) is 0 Å². The number of nitrogens with one attached hydrogen (secondary N) is 1. The van der Waals surface area contributed by atoms with Crippen LogP contribution in [0.5, 0.6) is 0 Å². The first-order valence-electron chi connectivity index (χ1n) is 3.16. The van der Waals surface area contributed by atoms with Crippen LogP contribution < -0.4 is 5.73 Å². The third kappa shape index (κ3) is 1.75. The zero-order valence-corrected chi connectivity index (χ0v) is 7.31. The molecule has 2 unspecified atom stereocenters. The third-order valence-corrected chi connectivity index (χ3v) is 2.19. The van der Waals surface area contributed by atoms with Gasteiger partial charge in [-0.3, -0.25) is 0 Å². The van der Waals surface area contributed by atoms with Gasteiger partial charge in [0.1, 0.15) is 5.83 Å². The molecule has 2 nitrogen and oxygen atoms in total. The summed E-state index contributed by atoms with van der Waals surface area (Å²) in [4.78, 5) is 0. The van der Waals surface area contributed by atoms with Crippen molar-refractivity contribution in [3.8, 4) is 0 Å². The van der Waals surface area contributed by atoms with Crippen molar-refractivity contribution < 1.29 is 4.39 Å². The first kappa shape index (κ1) is 8.62. The Labute approximate surface area is 72.6 Å². The van der Waals surface area contributed by atoms with Crippen LogP contribution in [-0.4, -0.2) is 12.3 Å². The van der Waals surface area contributed by atoms with E-state index in [0.717, 1.165) is 0 Å². The van der Waals surface area contributed by atoms with Gasteiger partial charge in [0.15, 0.2) is 0 Å². The molecular formula is C7H8BrFN2. The van der Waals surface area contributed by atoms with Crippen molar-refractivity contribution >= 4 is 22.1 Å². The number of hydrogen-bond acceptors (Lipinski definition) is 2. The zero-order chi connectivity index (χ0) is 8.43. The number of hydrogen-bond donors (Lipinski definition) is 2. The van der Waals surface area contributed by atoms with Gasteiger partial charge < -0.3 is 11.1 Å². The van der Waals surface area contributed by atoms with Gasteiger partial charge >= 0.3 is 0 Å². The smallest absolute Gasteiger partial charge is 0.134 e. The van der Waals surface area contributed by atoms with Crippen LogP contribution in [-0.2, 0) is 0 Å². The lowest BCUT2D eigenvalue weighted by atomic mass is 9.97. The molecule has 3 N–H and O–H groups in total. The number of rotatable bonds is 1. The second-order valence-corrected chi connectivity index (χ2v) is 3.20. The molecule has 1 aliphatic rings. The molecule has 1 aliphatic carbocycles. The molecule has 0 heterocycles. The number of halogens is 2. The summed E-state index contributed by atoms with van der Waals surface area (Å²) in [6.07, 6.45) is 4.10. The highest BCUT2D eigenvalue weighted by Gasteiger charge is 2.18. The highest BCUT2D eigenvalue weighted by molar-refractivity contribution is 9.11. The van der Waals surface area contributed by atoms with Crippen molar-refractivity contribution in [2.75, 3.05) is 0 Å². The minimum Gasteiger partial charge on any atom is -0.324 e. The van der Waals surface area contributed by atoms with E-state index in [0.29, 0.717) is 4.48 Å². The van der Waals surface area contributed by atoms with E-state index >= 15 is 0 Å². The van der Waals surface area contributed by atoms with Crippen molar-refractivity contribution in [1.82, 2.24) is 0 Å². The van der Waals surface area contributed by atoms with Gasteiger partial charge in [-0.2, -0.15) is 0 Å². The number of allylic oxidation sites excluding steroid dienone is 2. The lowest BCUT2D eigenvalue weighted by Crippen LogP contribution is -2.29. The summed E-state index contributed by atoms with van der Waals surface area (Å²) in [7, 11) is 0.